The van der Waals surface area contributed by atoms with E-state index in [-0.39, 0.29) is 34.3 Å². The van der Waals surface area contributed by atoms with Crippen molar-refractivity contribution in [1.82, 2.24) is 14.8 Å². The van der Waals surface area contributed by atoms with Crippen molar-refractivity contribution in [3.63, 3.8) is 0 Å². The molecule has 1 aliphatic heterocycles. The highest BCUT2D eigenvalue weighted by atomic mass is 35.5. The fourth-order valence-electron chi connectivity index (χ4n) is 3.96. The van der Waals surface area contributed by atoms with E-state index in [1.807, 2.05) is 12.1 Å². The zero-order chi connectivity index (χ0) is 25.9. The normalized spacial score (nSPS) is 14.6. The second-order valence-corrected chi connectivity index (χ2v) is 10.7. The molecule has 7 nitrogen and oxygen atoms in total. The van der Waals surface area contributed by atoms with E-state index < -0.39 is 0 Å². The molecular formula is C27H29Cl2N3O4. The molecule has 1 aliphatic rings. The first-order valence-electron chi connectivity index (χ1n) is 11.8. The number of piperazine rings is 1. The maximum atomic E-state index is 12.8. The SMILES string of the molecule is CC(C)(C)c1ccc(COc2coc(CN3CCN(C(=O)c4cc(Cl)cnc4Cl)CC3)cc2=O)cc1. The Morgan fingerprint density at radius 3 is 2.42 bits per heavy atom. The van der Waals surface area contributed by atoms with Crippen molar-refractivity contribution < 1.29 is 13.9 Å². The van der Waals surface area contributed by atoms with E-state index in [0.29, 0.717) is 49.1 Å². The zero-order valence-corrected chi connectivity index (χ0v) is 22.1. The monoisotopic (exact) mass is 529 g/mol. The van der Waals surface area contributed by atoms with E-state index in [2.05, 4.69) is 42.8 Å². The Hall–Kier alpha value is -2.87. The Kier molecular flexibility index (Phi) is 8.03. The molecule has 1 fully saturated rings. The fraction of sp³-hybridized carbons (Fsp3) is 0.370. The summed E-state index contributed by atoms with van der Waals surface area (Å²) in [6, 6.07) is 11.2. The van der Waals surface area contributed by atoms with Crippen LogP contribution in [0.4, 0.5) is 0 Å². The van der Waals surface area contributed by atoms with Gasteiger partial charge < -0.3 is 14.1 Å². The maximum absolute atomic E-state index is 12.8. The van der Waals surface area contributed by atoms with E-state index in [0.717, 1.165) is 5.56 Å². The lowest BCUT2D eigenvalue weighted by atomic mass is 9.87. The number of aromatic nitrogens is 1. The molecule has 3 heterocycles. The van der Waals surface area contributed by atoms with Crippen molar-refractivity contribution in [2.75, 3.05) is 26.2 Å². The van der Waals surface area contributed by atoms with Crippen molar-refractivity contribution in [2.45, 2.75) is 39.3 Å². The summed E-state index contributed by atoms with van der Waals surface area (Å²) in [4.78, 5) is 33.1. The first-order chi connectivity index (χ1) is 17.1. The molecule has 3 aromatic rings. The van der Waals surface area contributed by atoms with Crippen molar-refractivity contribution in [1.29, 1.82) is 0 Å². The molecule has 0 atom stereocenters. The van der Waals surface area contributed by atoms with Crippen LogP contribution in [0.5, 0.6) is 5.75 Å². The van der Waals surface area contributed by atoms with Crippen LogP contribution in [0.1, 0.15) is 48.0 Å². The lowest BCUT2D eigenvalue weighted by molar-refractivity contribution is 0.0619. The number of halogens is 2. The summed E-state index contributed by atoms with van der Waals surface area (Å²) in [5, 5.41) is 0.500. The Morgan fingerprint density at radius 2 is 1.78 bits per heavy atom. The number of ether oxygens (including phenoxy) is 1. The van der Waals surface area contributed by atoms with Crippen LogP contribution in [0.25, 0.3) is 0 Å². The molecule has 1 saturated heterocycles. The predicted octanol–water partition coefficient (Wildman–Crippen LogP) is 5.18. The standard InChI is InChI=1S/C27H29Cl2N3O4/c1-27(2,3)19-6-4-18(5-7-19)16-36-24-17-35-21(13-23(24)33)15-31-8-10-32(11-9-31)26(34)22-12-20(28)14-30-25(22)29/h4-7,12-14,17H,8-11,15-16H2,1-3H3. The molecule has 9 heteroatoms. The average molecular weight is 530 g/mol. The number of rotatable bonds is 6. The highest BCUT2D eigenvalue weighted by Crippen LogP contribution is 2.23. The summed E-state index contributed by atoms with van der Waals surface area (Å²) in [6.45, 7) is 9.54. The zero-order valence-electron chi connectivity index (χ0n) is 20.6. The molecule has 0 spiro atoms. The summed E-state index contributed by atoms with van der Waals surface area (Å²) in [7, 11) is 0. The van der Waals surface area contributed by atoms with Crippen molar-refractivity contribution in [3.05, 3.63) is 91.7 Å². The fourth-order valence-corrected chi connectivity index (χ4v) is 4.30. The number of hydrogen-bond acceptors (Lipinski definition) is 6. The number of hydrogen-bond donors (Lipinski definition) is 0. The molecular weight excluding hydrogens is 501 g/mol. The van der Waals surface area contributed by atoms with Crippen LogP contribution in [0.15, 0.2) is 58.1 Å². The van der Waals surface area contributed by atoms with Gasteiger partial charge in [0, 0.05) is 38.4 Å². The third-order valence-electron chi connectivity index (χ3n) is 6.14. The van der Waals surface area contributed by atoms with Gasteiger partial charge >= 0.3 is 0 Å². The minimum atomic E-state index is -0.223. The van der Waals surface area contributed by atoms with Crippen LogP contribution in [0.3, 0.4) is 0 Å². The smallest absolute Gasteiger partial charge is 0.257 e. The Balaban J connectivity index is 1.29. The summed E-state index contributed by atoms with van der Waals surface area (Å²) in [6.07, 6.45) is 2.78. The predicted molar refractivity (Wildman–Crippen MR) is 140 cm³/mol. The number of carbonyl (C=O) groups is 1. The van der Waals surface area contributed by atoms with Crippen LogP contribution in [-0.4, -0.2) is 46.9 Å². The van der Waals surface area contributed by atoms with Gasteiger partial charge in [-0.1, -0.05) is 68.2 Å². The molecule has 1 aromatic carbocycles. The van der Waals surface area contributed by atoms with Crippen molar-refractivity contribution in [3.8, 4) is 5.75 Å². The van der Waals surface area contributed by atoms with Crippen LogP contribution in [0.2, 0.25) is 10.2 Å². The van der Waals surface area contributed by atoms with Crippen LogP contribution < -0.4 is 10.2 Å². The van der Waals surface area contributed by atoms with Gasteiger partial charge in [-0.05, 0) is 22.6 Å². The van der Waals surface area contributed by atoms with Gasteiger partial charge in [0.25, 0.3) is 5.91 Å². The number of amides is 1. The van der Waals surface area contributed by atoms with E-state index in [1.54, 1.807) is 4.90 Å². The molecule has 0 N–H and O–H groups in total. The molecule has 0 bridgehead atoms. The van der Waals surface area contributed by atoms with E-state index in [4.69, 9.17) is 32.4 Å². The summed E-state index contributed by atoms with van der Waals surface area (Å²) in [5.74, 6) is 0.528. The molecule has 190 valence electrons. The highest BCUT2D eigenvalue weighted by molar-refractivity contribution is 6.34. The van der Waals surface area contributed by atoms with Gasteiger partial charge in [-0.3, -0.25) is 14.5 Å². The molecule has 36 heavy (non-hydrogen) atoms. The first kappa shape index (κ1) is 26.2. The molecule has 1 amide bonds. The third kappa shape index (κ3) is 6.46. The Bertz CT molecular complexity index is 1280. The minimum Gasteiger partial charge on any atom is -0.482 e. The first-order valence-corrected chi connectivity index (χ1v) is 12.5. The van der Waals surface area contributed by atoms with E-state index >= 15 is 0 Å². The minimum absolute atomic E-state index is 0.0832. The second-order valence-electron chi connectivity index (χ2n) is 9.87. The van der Waals surface area contributed by atoms with E-state index in [1.165, 1.54) is 30.2 Å². The molecule has 4 rings (SSSR count). The number of nitrogens with zero attached hydrogens (tertiary/aromatic N) is 3. The van der Waals surface area contributed by atoms with Crippen molar-refractivity contribution >= 4 is 29.1 Å². The van der Waals surface area contributed by atoms with Crippen LogP contribution in [-0.2, 0) is 18.6 Å². The van der Waals surface area contributed by atoms with Crippen LogP contribution in [0, 0.1) is 0 Å². The second kappa shape index (κ2) is 11.0. The maximum Gasteiger partial charge on any atom is 0.257 e. The number of benzene rings is 1. The molecule has 0 unspecified atom stereocenters. The largest absolute Gasteiger partial charge is 0.482 e. The molecule has 0 saturated carbocycles. The molecule has 0 radical (unpaired) electrons. The van der Waals surface area contributed by atoms with Gasteiger partial charge in [-0.15, -0.1) is 0 Å². The highest BCUT2D eigenvalue weighted by Gasteiger charge is 2.25. The topological polar surface area (TPSA) is 75.9 Å². The summed E-state index contributed by atoms with van der Waals surface area (Å²) in [5.41, 5.74) is 2.38. The van der Waals surface area contributed by atoms with Crippen molar-refractivity contribution in [2.24, 2.45) is 0 Å². The van der Waals surface area contributed by atoms with Gasteiger partial charge in [-0.25, -0.2) is 4.98 Å². The van der Waals surface area contributed by atoms with Gasteiger partial charge in [0.05, 0.1) is 17.1 Å². The van der Waals surface area contributed by atoms with E-state index in [9.17, 15) is 9.59 Å². The quantitative estimate of drug-likeness (QED) is 0.409. The molecule has 0 aliphatic carbocycles. The average Bonchev–Trinajstić information content (AvgIpc) is 2.85. The summed E-state index contributed by atoms with van der Waals surface area (Å²) < 4.78 is 11.4. The lowest BCUT2D eigenvalue weighted by Crippen LogP contribution is -2.48. The van der Waals surface area contributed by atoms with Gasteiger partial charge in [0.1, 0.15) is 23.8 Å². The summed E-state index contributed by atoms with van der Waals surface area (Å²) >= 11 is 12.0. The third-order valence-corrected chi connectivity index (χ3v) is 6.65. The van der Waals surface area contributed by atoms with Crippen LogP contribution >= 0.6 is 23.2 Å². The van der Waals surface area contributed by atoms with Gasteiger partial charge in [0.15, 0.2) is 0 Å². The number of carbonyl (C=O) groups excluding carboxylic acids is 1. The Labute approximate surface area is 220 Å². The lowest BCUT2D eigenvalue weighted by Gasteiger charge is -2.34. The Morgan fingerprint density at radius 1 is 1.08 bits per heavy atom. The number of pyridine rings is 1. The van der Waals surface area contributed by atoms with Gasteiger partial charge in [0.2, 0.25) is 11.2 Å². The van der Waals surface area contributed by atoms with Gasteiger partial charge in [-0.2, -0.15) is 0 Å². The molecule has 2 aromatic heterocycles.